The monoisotopic (exact) mass is 401 g/mol. The van der Waals surface area contributed by atoms with E-state index in [9.17, 15) is 16.8 Å². The Morgan fingerprint density at radius 1 is 0.600 bits per heavy atom. The van der Waals surface area contributed by atoms with Crippen LogP contribution in [0, 0.1) is 0 Å². The van der Waals surface area contributed by atoms with Crippen LogP contribution in [0.15, 0.2) is 0 Å². The minimum Gasteiger partial charge on any atom is -0.301 e. The van der Waals surface area contributed by atoms with Crippen LogP contribution in [0.25, 0.3) is 0 Å². The highest BCUT2D eigenvalue weighted by atomic mass is 32.2. The van der Waals surface area contributed by atoms with Gasteiger partial charge in [-0.15, -0.1) is 0 Å². The third kappa shape index (κ3) is 19.9. The Kier molecular flexibility index (Phi) is 13.8. The average Bonchev–Trinajstić information content (AvgIpc) is 2.49. The lowest BCUT2D eigenvalue weighted by Crippen LogP contribution is -2.34. The van der Waals surface area contributed by atoms with Gasteiger partial charge >= 0.3 is 0 Å². The van der Waals surface area contributed by atoms with Gasteiger partial charge in [-0.2, -0.15) is 16.8 Å². The maximum absolute atomic E-state index is 10.8. The molecule has 0 spiro atoms. The molecule has 152 valence electrons. The highest BCUT2D eigenvalue weighted by Crippen LogP contribution is 2.11. The normalized spacial score (nSPS) is 12.8. The molecule has 25 heavy (non-hydrogen) atoms. The third-order valence-corrected chi connectivity index (χ3v) is 5.56. The van der Waals surface area contributed by atoms with Gasteiger partial charge in [-0.3, -0.25) is 9.11 Å². The molecule has 0 saturated carbocycles. The molecule has 0 amide bonds. The van der Waals surface area contributed by atoms with Gasteiger partial charge in [0.25, 0.3) is 20.2 Å². The first kappa shape index (κ1) is 24.8. The van der Waals surface area contributed by atoms with Crippen LogP contribution >= 0.6 is 0 Å². The first-order chi connectivity index (χ1) is 11.6. The summed E-state index contributed by atoms with van der Waals surface area (Å²) in [6.45, 7) is 2.88. The second-order valence-electron chi connectivity index (χ2n) is 6.60. The van der Waals surface area contributed by atoms with Gasteiger partial charge in [0.15, 0.2) is 0 Å². The van der Waals surface area contributed by atoms with Crippen LogP contribution in [-0.2, 0) is 20.2 Å². The van der Waals surface area contributed by atoms with Crippen molar-refractivity contribution in [3.05, 3.63) is 0 Å². The highest BCUT2D eigenvalue weighted by Gasteiger charge is 2.13. The molecule has 0 bridgehead atoms. The fourth-order valence-electron chi connectivity index (χ4n) is 2.65. The summed E-state index contributed by atoms with van der Waals surface area (Å²) in [4.78, 5) is 1.66. The molecule has 2 N–H and O–H groups in total. The van der Waals surface area contributed by atoms with Gasteiger partial charge in [0.1, 0.15) is 0 Å². The van der Waals surface area contributed by atoms with Gasteiger partial charge in [-0.1, -0.05) is 64.7 Å². The molecular weight excluding hydrogens is 366 g/mol. The largest absolute Gasteiger partial charge is 0.301 e. The van der Waals surface area contributed by atoms with Crippen LogP contribution in [0.4, 0.5) is 0 Å². The van der Waals surface area contributed by atoms with Gasteiger partial charge in [0.2, 0.25) is 0 Å². The van der Waals surface area contributed by atoms with E-state index < -0.39 is 31.7 Å². The molecule has 0 radical (unpaired) electrons. The molecule has 0 unspecified atom stereocenters. The molecule has 0 aliphatic carbocycles. The lowest BCUT2D eigenvalue weighted by atomic mass is 10.1. The topological polar surface area (TPSA) is 112 Å². The van der Waals surface area contributed by atoms with Crippen molar-refractivity contribution in [2.45, 2.75) is 71.1 Å². The molecule has 0 aromatic carbocycles. The van der Waals surface area contributed by atoms with Crippen LogP contribution < -0.4 is 0 Å². The molecule has 0 heterocycles. The van der Waals surface area contributed by atoms with E-state index in [0.717, 1.165) is 19.3 Å². The standard InChI is InChI=1S/C16H35NO6S2/c1-2-3-4-5-6-7-8-9-10-11-12-17(13-15-24(18,19)20)14-16-25(21,22)23/h2-16H2,1H3,(H,18,19,20)(H,21,22,23). The maximum atomic E-state index is 10.8. The van der Waals surface area contributed by atoms with Crippen LogP contribution in [0.1, 0.15) is 71.1 Å². The van der Waals surface area contributed by atoms with Crippen molar-refractivity contribution in [2.24, 2.45) is 0 Å². The fourth-order valence-corrected chi connectivity index (χ4v) is 3.63. The van der Waals surface area contributed by atoms with E-state index in [1.54, 1.807) is 4.90 Å². The second-order valence-corrected chi connectivity index (χ2v) is 9.74. The molecule has 7 nitrogen and oxygen atoms in total. The van der Waals surface area contributed by atoms with Gasteiger partial charge in [-0.05, 0) is 13.0 Å². The van der Waals surface area contributed by atoms with E-state index in [4.69, 9.17) is 9.11 Å². The summed E-state index contributed by atoms with van der Waals surface area (Å²) in [6, 6.07) is 0. The molecule has 0 aliphatic rings. The van der Waals surface area contributed by atoms with Crippen LogP contribution in [-0.4, -0.2) is 62.0 Å². The molecule has 0 aromatic rings. The van der Waals surface area contributed by atoms with Crippen LogP contribution in [0.5, 0.6) is 0 Å². The zero-order valence-corrected chi connectivity index (χ0v) is 17.0. The van der Waals surface area contributed by atoms with E-state index >= 15 is 0 Å². The Hall–Kier alpha value is -0.220. The lowest BCUT2D eigenvalue weighted by Gasteiger charge is -2.20. The second kappa shape index (κ2) is 13.9. The van der Waals surface area contributed by atoms with Crippen LogP contribution in [0.3, 0.4) is 0 Å². The summed E-state index contributed by atoms with van der Waals surface area (Å²) in [7, 11) is -8.16. The first-order valence-corrected chi connectivity index (χ1v) is 12.5. The number of rotatable bonds is 17. The van der Waals surface area contributed by atoms with Crippen molar-refractivity contribution in [1.82, 2.24) is 4.90 Å². The summed E-state index contributed by atoms with van der Waals surface area (Å²) in [5, 5.41) is 0. The fraction of sp³-hybridized carbons (Fsp3) is 1.00. The predicted molar refractivity (Wildman–Crippen MR) is 101 cm³/mol. The molecule has 0 aromatic heterocycles. The van der Waals surface area contributed by atoms with Crippen molar-refractivity contribution in [2.75, 3.05) is 31.1 Å². The predicted octanol–water partition coefficient (Wildman–Crippen LogP) is 2.98. The quantitative estimate of drug-likeness (QED) is 0.284. The molecule has 0 saturated heterocycles. The van der Waals surface area contributed by atoms with Gasteiger partial charge in [0, 0.05) is 13.1 Å². The Bertz CT molecular complexity index is 483. The van der Waals surface area contributed by atoms with Crippen molar-refractivity contribution in [3.8, 4) is 0 Å². The summed E-state index contributed by atoms with van der Waals surface area (Å²) in [5.41, 5.74) is 0. The Labute approximate surface area is 153 Å². The molecule has 0 aliphatic heterocycles. The minimum absolute atomic E-state index is 0.0613. The Balaban J connectivity index is 3.89. The van der Waals surface area contributed by atoms with E-state index in [2.05, 4.69) is 6.92 Å². The minimum atomic E-state index is -4.08. The van der Waals surface area contributed by atoms with Crippen molar-refractivity contribution in [1.29, 1.82) is 0 Å². The van der Waals surface area contributed by atoms with E-state index in [1.807, 2.05) is 0 Å². The van der Waals surface area contributed by atoms with E-state index in [1.165, 1.54) is 44.9 Å². The zero-order chi connectivity index (χ0) is 19.2. The van der Waals surface area contributed by atoms with Crippen molar-refractivity contribution in [3.63, 3.8) is 0 Å². The highest BCUT2D eigenvalue weighted by molar-refractivity contribution is 7.86. The average molecular weight is 402 g/mol. The summed E-state index contributed by atoms with van der Waals surface area (Å²) in [6.07, 6.45) is 11.8. The van der Waals surface area contributed by atoms with Gasteiger partial charge in [-0.25, -0.2) is 0 Å². The molecule has 9 heteroatoms. The summed E-state index contributed by atoms with van der Waals surface area (Å²) in [5.74, 6) is -0.869. The maximum Gasteiger partial charge on any atom is 0.266 e. The lowest BCUT2D eigenvalue weighted by molar-refractivity contribution is 0.292. The third-order valence-electron chi connectivity index (χ3n) is 4.16. The van der Waals surface area contributed by atoms with Crippen LogP contribution in [0.2, 0.25) is 0 Å². The van der Waals surface area contributed by atoms with E-state index in [0.29, 0.717) is 6.54 Å². The Morgan fingerprint density at radius 2 is 0.960 bits per heavy atom. The molecule has 0 fully saturated rings. The molecular formula is C16H35NO6S2. The first-order valence-electron chi connectivity index (χ1n) is 9.26. The summed E-state index contributed by atoms with van der Waals surface area (Å²) < 4.78 is 61.0. The number of unbranched alkanes of at least 4 members (excludes halogenated alkanes) is 9. The summed E-state index contributed by atoms with van der Waals surface area (Å²) >= 11 is 0. The smallest absolute Gasteiger partial charge is 0.266 e. The van der Waals surface area contributed by atoms with Crippen molar-refractivity contribution >= 4 is 20.2 Å². The molecule has 0 atom stereocenters. The number of hydrogen-bond acceptors (Lipinski definition) is 5. The Morgan fingerprint density at radius 3 is 1.32 bits per heavy atom. The SMILES string of the molecule is CCCCCCCCCCCCN(CCS(=O)(=O)O)CCS(=O)(=O)O. The van der Waals surface area contributed by atoms with Gasteiger partial charge < -0.3 is 4.90 Å². The molecule has 0 rings (SSSR count). The number of hydrogen-bond donors (Lipinski definition) is 2. The number of nitrogens with zero attached hydrogens (tertiary/aromatic N) is 1. The zero-order valence-electron chi connectivity index (χ0n) is 15.4. The van der Waals surface area contributed by atoms with Crippen molar-refractivity contribution < 1.29 is 25.9 Å². The van der Waals surface area contributed by atoms with E-state index in [-0.39, 0.29) is 13.1 Å². The van der Waals surface area contributed by atoms with Gasteiger partial charge in [0.05, 0.1) is 11.5 Å².